The van der Waals surface area contributed by atoms with Gasteiger partial charge in [0.1, 0.15) is 17.1 Å². The van der Waals surface area contributed by atoms with Gasteiger partial charge in [0.25, 0.3) is 0 Å². The first-order chi connectivity index (χ1) is 15.8. The SMILES string of the molecule is CC.CN.COC(=O)C1=C(c2c3cc(C)c(=O)cc-3oc3cc(O)c(C)cc23)C=C(C)CC1. The van der Waals surface area contributed by atoms with Gasteiger partial charge in [-0.05, 0) is 69.5 Å². The largest absolute Gasteiger partial charge is 0.508 e. The van der Waals surface area contributed by atoms with Gasteiger partial charge in [0, 0.05) is 34.2 Å². The molecule has 0 saturated heterocycles. The number of esters is 1. The quantitative estimate of drug-likeness (QED) is 0.395. The molecule has 1 aliphatic heterocycles. The van der Waals surface area contributed by atoms with Crippen molar-refractivity contribution in [3.63, 3.8) is 0 Å². The topological polar surface area (TPSA) is 103 Å². The molecule has 0 fully saturated rings. The van der Waals surface area contributed by atoms with Crippen molar-refractivity contribution in [1.29, 1.82) is 0 Å². The summed E-state index contributed by atoms with van der Waals surface area (Å²) >= 11 is 0. The first kappa shape index (κ1) is 25.9. The van der Waals surface area contributed by atoms with Crippen LogP contribution in [0.5, 0.6) is 5.75 Å². The number of aromatic hydroxyl groups is 1. The molecule has 4 rings (SSSR count). The molecule has 0 unspecified atom stereocenters. The predicted molar refractivity (Wildman–Crippen MR) is 134 cm³/mol. The fourth-order valence-corrected chi connectivity index (χ4v) is 3.88. The summed E-state index contributed by atoms with van der Waals surface area (Å²) in [7, 11) is 2.88. The first-order valence-corrected chi connectivity index (χ1v) is 11.1. The van der Waals surface area contributed by atoms with Gasteiger partial charge < -0.3 is 20.0 Å². The van der Waals surface area contributed by atoms with Gasteiger partial charge in [0.05, 0.1) is 7.11 Å². The van der Waals surface area contributed by atoms with Crippen molar-refractivity contribution in [2.75, 3.05) is 14.2 Å². The molecule has 0 bridgehead atoms. The van der Waals surface area contributed by atoms with Crippen LogP contribution in [0.3, 0.4) is 0 Å². The summed E-state index contributed by atoms with van der Waals surface area (Å²) in [6, 6.07) is 6.67. The Morgan fingerprint density at radius 3 is 2.33 bits per heavy atom. The van der Waals surface area contributed by atoms with Crippen LogP contribution >= 0.6 is 0 Å². The van der Waals surface area contributed by atoms with E-state index >= 15 is 0 Å². The number of hydrogen-bond acceptors (Lipinski definition) is 6. The Bertz CT molecular complexity index is 1260. The molecule has 0 spiro atoms. The first-order valence-electron chi connectivity index (χ1n) is 11.1. The molecule has 3 aliphatic rings. The second-order valence-electron chi connectivity index (χ2n) is 7.60. The molecule has 3 N–H and O–H groups in total. The number of ether oxygens (including phenoxy) is 1. The number of rotatable bonds is 2. The lowest BCUT2D eigenvalue weighted by Crippen LogP contribution is -2.12. The number of carbonyl (C=O) groups is 1. The highest BCUT2D eigenvalue weighted by Gasteiger charge is 2.26. The number of nitrogens with two attached hydrogens (primary N) is 1. The van der Waals surface area contributed by atoms with Crippen LogP contribution in [0, 0.1) is 13.8 Å². The van der Waals surface area contributed by atoms with Crippen LogP contribution in [-0.4, -0.2) is 25.2 Å². The van der Waals surface area contributed by atoms with Gasteiger partial charge in [-0.15, -0.1) is 0 Å². The molecule has 0 saturated carbocycles. The smallest absolute Gasteiger partial charge is 0.334 e. The Morgan fingerprint density at radius 2 is 1.70 bits per heavy atom. The lowest BCUT2D eigenvalue weighted by molar-refractivity contribution is -0.136. The fraction of sp³-hybridized carbons (Fsp3) is 0.333. The molecule has 2 aliphatic carbocycles. The Labute approximate surface area is 194 Å². The molecule has 0 radical (unpaired) electrons. The van der Waals surface area contributed by atoms with E-state index in [9.17, 15) is 14.7 Å². The Kier molecular flexibility index (Phi) is 8.60. The second-order valence-corrected chi connectivity index (χ2v) is 7.60. The third-order valence-electron chi connectivity index (χ3n) is 5.52. The Balaban J connectivity index is 0.000000914. The number of allylic oxidation sites excluding steroid dienone is 3. The minimum atomic E-state index is -0.362. The zero-order valence-electron chi connectivity index (χ0n) is 20.5. The Hall–Kier alpha value is -3.38. The van der Waals surface area contributed by atoms with Gasteiger partial charge in [0.15, 0.2) is 5.43 Å². The maximum absolute atomic E-state index is 12.5. The van der Waals surface area contributed by atoms with E-state index in [4.69, 9.17) is 9.15 Å². The minimum absolute atomic E-state index is 0.110. The monoisotopic (exact) mass is 451 g/mol. The molecule has 176 valence electrons. The van der Waals surface area contributed by atoms with Gasteiger partial charge in [-0.3, -0.25) is 4.79 Å². The number of phenols is 1. The second kappa shape index (κ2) is 11.0. The lowest BCUT2D eigenvalue weighted by Gasteiger charge is -2.22. The summed E-state index contributed by atoms with van der Waals surface area (Å²) in [6.45, 7) is 9.60. The maximum atomic E-state index is 12.5. The maximum Gasteiger partial charge on any atom is 0.334 e. The van der Waals surface area contributed by atoms with Crippen LogP contribution < -0.4 is 11.2 Å². The van der Waals surface area contributed by atoms with Crippen molar-refractivity contribution in [2.24, 2.45) is 5.73 Å². The van der Waals surface area contributed by atoms with Crippen LogP contribution in [-0.2, 0) is 9.53 Å². The molecular formula is C27H33NO5. The summed E-state index contributed by atoms with van der Waals surface area (Å²) < 4.78 is 11.0. The van der Waals surface area contributed by atoms with E-state index in [2.05, 4.69) is 5.73 Å². The third kappa shape index (κ3) is 5.01. The predicted octanol–water partition coefficient (Wildman–Crippen LogP) is 5.49. The molecule has 1 aromatic carbocycles. The molecule has 0 aromatic heterocycles. The minimum Gasteiger partial charge on any atom is -0.508 e. The summed E-state index contributed by atoms with van der Waals surface area (Å²) in [4.78, 5) is 24.8. The molecular weight excluding hydrogens is 418 g/mol. The Morgan fingerprint density at radius 1 is 1.03 bits per heavy atom. The highest BCUT2D eigenvalue weighted by molar-refractivity contribution is 6.08. The molecule has 0 atom stereocenters. The van der Waals surface area contributed by atoms with E-state index in [-0.39, 0.29) is 17.1 Å². The standard InChI is InChI=1S/C24H22O5.C2H6.CH5N/c1-12-5-6-15(24(27)28-4)16(7-12)23-17-8-13(2)19(25)10-21(17)29-22-11-20(26)14(3)9-18(22)23;2*1-2/h7-11,25H,5-6H2,1-4H3;1-2H3;2H2,1H3. The average Bonchev–Trinajstić information content (AvgIpc) is 2.82. The summed E-state index contributed by atoms with van der Waals surface area (Å²) in [5.74, 6) is 0.164. The van der Waals surface area contributed by atoms with Crippen molar-refractivity contribution in [1.82, 2.24) is 0 Å². The third-order valence-corrected chi connectivity index (χ3v) is 5.52. The van der Waals surface area contributed by atoms with Crippen LogP contribution in [0.25, 0.3) is 27.9 Å². The number of aryl methyl sites for hydroxylation is 2. The van der Waals surface area contributed by atoms with Crippen LogP contribution in [0.4, 0.5) is 0 Å². The van der Waals surface area contributed by atoms with E-state index in [1.807, 2.05) is 39.8 Å². The fourth-order valence-electron chi connectivity index (χ4n) is 3.88. The van der Waals surface area contributed by atoms with Crippen LogP contribution in [0.1, 0.15) is 50.3 Å². The summed E-state index contributed by atoms with van der Waals surface area (Å²) in [5, 5.41) is 11.0. The number of carbonyl (C=O) groups excluding carboxylic acids is 1. The van der Waals surface area contributed by atoms with Crippen molar-refractivity contribution >= 4 is 22.5 Å². The highest BCUT2D eigenvalue weighted by atomic mass is 16.5. The van der Waals surface area contributed by atoms with E-state index < -0.39 is 0 Å². The molecule has 33 heavy (non-hydrogen) atoms. The number of methoxy groups -OCH3 is 1. The van der Waals surface area contributed by atoms with Crippen molar-refractivity contribution < 1.29 is 19.1 Å². The van der Waals surface area contributed by atoms with Crippen LogP contribution in [0.15, 0.2) is 50.7 Å². The number of phenolic OH excluding ortho intramolecular Hbond substituents is 1. The molecule has 0 amide bonds. The molecule has 1 heterocycles. The molecule has 6 heteroatoms. The van der Waals surface area contributed by atoms with Crippen molar-refractivity contribution in [2.45, 2.75) is 47.5 Å². The van der Waals surface area contributed by atoms with Crippen molar-refractivity contribution in [3.05, 3.63) is 68.4 Å². The highest BCUT2D eigenvalue weighted by Crippen LogP contribution is 2.43. The van der Waals surface area contributed by atoms with E-state index in [0.29, 0.717) is 34.5 Å². The number of hydrogen-bond donors (Lipinski definition) is 2. The van der Waals surface area contributed by atoms with Crippen LogP contribution in [0.2, 0.25) is 0 Å². The van der Waals surface area contributed by atoms with Gasteiger partial charge >= 0.3 is 5.97 Å². The number of fused-ring (bicyclic) bond motifs is 2. The molecule has 1 aromatic rings. The normalized spacial score (nSPS) is 13.0. The van der Waals surface area contributed by atoms with E-state index in [1.54, 1.807) is 19.1 Å². The lowest BCUT2D eigenvalue weighted by atomic mass is 9.84. The van der Waals surface area contributed by atoms with E-state index in [0.717, 1.165) is 34.1 Å². The molecule has 6 nitrogen and oxygen atoms in total. The zero-order chi connectivity index (χ0) is 24.9. The van der Waals surface area contributed by atoms with Gasteiger partial charge in [-0.25, -0.2) is 4.79 Å². The van der Waals surface area contributed by atoms with Gasteiger partial charge in [-0.1, -0.05) is 25.5 Å². The summed E-state index contributed by atoms with van der Waals surface area (Å²) in [5.41, 5.74) is 10.2. The van der Waals surface area contributed by atoms with E-state index in [1.165, 1.54) is 20.2 Å². The van der Waals surface area contributed by atoms with Crippen molar-refractivity contribution in [3.8, 4) is 17.1 Å². The average molecular weight is 452 g/mol. The van der Waals surface area contributed by atoms with Gasteiger partial charge in [0.2, 0.25) is 0 Å². The summed E-state index contributed by atoms with van der Waals surface area (Å²) in [6.07, 6.45) is 3.37. The van der Waals surface area contributed by atoms with Gasteiger partial charge in [-0.2, -0.15) is 0 Å². The zero-order valence-corrected chi connectivity index (χ0v) is 20.5. The number of benzene rings is 2.